The summed E-state index contributed by atoms with van der Waals surface area (Å²) in [5.74, 6) is 0. The summed E-state index contributed by atoms with van der Waals surface area (Å²) in [6.45, 7) is 0. The van der Waals surface area contributed by atoms with Gasteiger partial charge in [-0.1, -0.05) is 200 Å². The smallest absolute Gasteiger partial charge is 0.0561 e. The van der Waals surface area contributed by atoms with Gasteiger partial charge in [0.25, 0.3) is 0 Å². The molecule has 0 aliphatic carbocycles. The van der Waals surface area contributed by atoms with E-state index < -0.39 is 0 Å². The van der Waals surface area contributed by atoms with E-state index >= 15 is 0 Å². The number of hydrogen-bond acceptors (Lipinski definition) is 1. The van der Waals surface area contributed by atoms with Gasteiger partial charge in [-0.2, -0.15) is 0 Å². The van der Waals surface area contributed by atoms with Crippen molar-refractivity contribution < 1.29 is 0 Å². The number of anilines is 3. The molecule has 11 rings (SSSR count). The monoisotopic (exact) mass is 764 g/mol. The molecule has 0 aliphatic rings. The number of hydrogen-bond donors (Lipinski definition) is 0. The third-order valence-electron chi connectivity index (χ3n) is 11.8. The molecule has 0 aliphatic heterocycles. The summed E-state index contributed by atoms with van der Waals surface area (Å²) >= 11 is 0. The van der Waals surface area contributed by atoms with Gasteiger partial charge >= 0.3 is 0 Å². The van der Waals surface area contributed by atoms with Crippen LogP contribution in [0.5, 0.6) is 0 Å². The van der Waals surface area contributed by atoms with E-state index in [9.17, 15) is 0 Å². The second-order valence-corrected chi connectivity index (χ2v) is 15.3. The normalized spacial score (nSPS) is 11.3. The Kier molecular flexibility index (Phi) is 8.87. The highest BCUT2D eigenvalue weighted by molar-refractivity contribution is 6.12. The van der Waals surface area contributed by atoms with Crippen LogP contribution >= 0.6 is 0 Å². The molecule has 60 heavy (non-hydrogen) atoms. The second kappa shape index (κ2) is 15.1. The number of aromatic nitrogens is 1. The number of rotatable bonds is 8. The average Bonchev–Trinajstić information content (AvgIpc) is 3.66. The van der Waals surface area contributed by atoms with Crippen molar-refractivity contribution in [2.45, 2.75) is 0 Å². The van der Waals surface area contributed by atoms with E-state index in [1.54, 1.807) is 0 Å². The molecule has 10 aromatic carbocycles. The van der Waals surface area contributed by atoms with Crippen LogP contribution < -0.4 is 4.90 Å². The first kappa shape index (κ1) is 35.2. The minimum Gasteiger partial charge on any atom is -0.309 e. The maximum atomic E-state index is 2.51. The topological polar surface area (TPSA) is 8.17 Å². The lowest BCUT2D eigenvalue weighted by atomic mass is 9.91. The van der Waals surface area contributed by atoms with Gasteiger partial charge in [0, 0.05) is 33.3 Å². The second-order valence-electron chi connectivity index (χ2n) is 15.3. The molecule has 2 nitrogen and oxygen atoms in total. The molecule has 282 valence electrons. The van der Waals surface area contributed by atoms with Gasteiger partial charge in [0.1, 0.15) is 0 Å². The molecule has 1 aromatic heterocycles. The maximum absolute atomic E-state index is 2.51. The van der Waals surface area contributed by atoms with Gasteiger partial charge in [-0.25, -0.2) is 0 Å². The van der Waals surface area contributed by atoms with Crippen LogP contribution in [0.1, 0.15) is 0 Å². The third kappa shape index (κ3) is 6.14. The number of fused-ring (bicyclic) bond motifs is 4. The summed E-state index contributed by atoms with van der Waals surface area (Å²) in [7, 11) is 0. The Morgan fingerprint density at radius 1 is 0.300 bits per heavy atom. The SMILES string of the molecule is c1ccc(-c2cccc(-n3c4ccccc4c4ccc(N(c5cccc(-c6ccccc6)c5-c5ccccc5)c5ccc6ccccc6c5-c5ccccc5)cc43)c2)cc1. The summed E-state index contributed by atoms with van der Waals surface area (Å²) in [6, 6.07) is 88.1. The molecule has 0 amide bonds. The Morgan fingerprint density at radius 2 is 0.850 bits per heavy atom. The Labute approximate surface area is 350 Å². The highest BCUT2D eigenvalue weighted by atomic mass is 15.2. The van der Waals surface area contributed by atoms with Gasteiger partial charge in [-0.3, -0.25) is 0 Å². The fourth-order valence-electron chi connectivity index (χ4n) is 9.09. The van der Waals surface area contributed by atoms with Crippen molar-refractivity contribution in [3.8, 4) is 50.2 Å². The Balaban J connectivity index is 1.24. The Hall–Kier alpha value is -7.94. The molecule has 0 bridgehead atoms. The first-order valence-corrected chi connectivity index (χ1v) is 20.6. The van der Waals surface area contributed by atoms with Gasteiger partial charge in [-0.05, 0) is 86.6 Å². The van der Waals surface area contributed by atoms with Crippen molar-refractivity contribution in [3.63, 3.8) is 0 Å². The van der Waals surface area contributed by atoms with Gasteiger partial charge in [0.15, 0.2) is 0 Å². The predicted octanol–water partition coefficient (Wildman–Crippen LogP) is 16.1. The van der Waals surface area contributed by atoms with E-state index in [4.69, 9.17) is 0 Å². The molecule has 0 unspecified atom stereocenters. The molecular formula is C58H40N2. The van der Waals surface area contributed by atoms with Crippen molar-refractivity contribution in [1.29, 1.82) is 0 Å². The van der Waals surface area contributed by atoms with Crippen LogP contribution in [0.15, 0.2) is 243 Å². The zero-order chi connectivity index (χ0) is 39.8. The van der Waals surface area contributed by atoms with Crippen molar-refractivity contribution >= 4 is 49.6 Å². The summed E-state index contributed by atoms with van der Waals surface area (Å²) in [5.41, 5.74) is 16.1. The van der Waals surface area contributed by atoms with E-state index in [2.05, 4.69) is 252 Å². The van der Waals surface area contributed by atoms with Crippen LogP contribution in [-0.4, -0.2) is 4.57 Å². The van der Waals surface area contributed by atoms with E-state index in [1.165, 1.54) is 66.0 Å². The van der Waals surface area contributed by atoms with E-state index in [0.29, 0.717) is 0 Å². The number of benzene rings is 10. The van der Waals surface area contributed by atoms with Crippen LogP contribution in [0.4, 0.5) is 17.1 Å². The molecule has 0 spiro atoms. The zero-order valence-corrected chi connectivity index (χ0v) is 33.0. The lowest BCUT2D eigenvalue weighted by molar-refractivity contribution is 1.18. The van der Waals surface area contributed by atoms with Crippen LogP contribution in [0.25, 0.3) is 82.8 Å². The third-order valence-corrected chi connectivity index (χ3v) is 11.8. The molecule has 1 heterocycles. The molecule has 2 heteroatoms. The first-order chi connectivity index (χ1) is 29.8. The largest absolute Gasteiger partial charge is 0.309 e. The van der Waals surface area contributed by atoms with Crippen LogP contribution in [-0.2, 0) is 0 Å². The summed E-state index contributed by atoms with van der Waals surface area (Å²) in [4.78, 5) is 2.51. The lowest BCUT2D eigenvalue weighted by Crippen LogP contribution is -2.13. The molecule has 0 atom stereocenters. The first-order valence-electron chi connectivity index (χ1n) is 20.6. The highest BCUT2D eigenvalue weighted by Crippen LogP contribution is 2.50. The summed E-state index contributed by atoms with van der Waals surface area (Å²) < 4.78 is 2.44. The summed E-state index contributed by atoms with van der Waals surface area (Å²) in [5, 5.41) is 4.85. The van der Waals surface area contributed by atoms with Crippen molar-refractivity contribution in [2.24, 2.45) is 0 Å². The van der Waals surface area contributed by atoms with Crippen molar-refractivity contribution in [3.05, 3.63) is 243 Å². The maximum Gasteiger partial charge on any atom is 0.0561 e. The van der Waals surface area contributed by atoms with Gasteiger partial charge < -0.3 is 9.47 Å². The molecule has 0 saturated heterocycles. The highest BCUT2D eigenvalue weighted by Gasteiger charge is 2.25. The fraction of sp³-hybridized carbons (Fsp3) is 0. The molecule has 0 N–H and O–H groups in total. The minimum atomic E-state index is 1.07. The Morgan fingerprint density at radius 3 is 1.58 bits per heavy atom. The zero-order valence-electron chi connectivity index (χ0n) is 33.0. The van der Waals surface area contributed by atoms with Gasteiger partial charge in [-0.15, -0.1) is 0 Å². The number of nitrogens with zero attached hydrogens (tertiary/aromatic N) is 2. The molecule has 0 saturated carbocycles. The van der Waals surface area contributed by atoms with Crippen LogP contribution in [0.3, 0.4) is 0 Å². The predicted molar refractivity (Wildman–Crippen MR) is 255 cm³/mol. The van der Waals surface area contributed by atoms with Crippen molar-refractivity contribution in [1.82, 2.24) is 4.57 Å². The average molecular weight is 765 g/mol. The molecule has 0 fully saturated rings. The molecular weight excluding hydrogens is 725 g/mol. The fourth-order valence-corrected chi connectivity index (χ4v) is 9.09. The van der Waals surface area contributed by atoms with Crippen LogP contribution in [0, 0.1) is 0 Å². The Bertz CT molecular complexity index is 3300. The van der Waals surface area contributed by atoms with Gasteiger partial charge in [0.05, 0.1) is 22.4 Å². The van der Waals surface area contributed by atoms with E-state index in [1.807, 2.05) is 0 Å². The molecule has 0 radical (unpaired) electrons. The van der Waals surface area contributed by atoms with E-state index in [-0.39, 0.29) is 0 Å². The number of para-hydroxylation sites is 1. The van der Waals surface area contributed by atoms with Gasteiger partial charge in [0.2, 0.25) is 0 Å². The van der Waals surface area contributed by atoms with Crippen LogP contribution in [0.2, 0.25) is 0 Å². The minimum absolute atomic E-state index is 1.07. The summed E-state index contributed by atoms with van der Waals surface area (Å²) in [6.07, 6.45) is 0. The van der Waals surface area contributed by atoms with Crippen molar-refractivity contribution in [2.75, 3.05) is 4.90 Å². The van der Waals surface area contributed by atoms with E-state index in [0.717, 1.165) is 33.8 Å². The quantitative estimate of drug-likeness (QED) is 0.150. The lowest BCUT2D eigenvalue weighted by Gasteiger charge is -2.31. The standard InChI is InChI=1S/C58H40N2/c1-5-19-41(20-6-1)46-28-17-29-47(39-46)59-53-33-16-15-31-51(53)52-37-36-48(40-56(52)59)60(55-38-35-43-23-13-14-30-49(43)58(55)45-26-11-4-12-27-45)54-34-18-32-50(42-21-7-2-8-22-42)57(54)44-24-9-3-10-25-44/h1-40H. The molecule has 11 aromatic rings.